The van der Waals surface area contributed by atoms with Gasteiger partial charge >= 0.3 is 0 Å². The third-order valence-electron chi connectivity index (χ3n) is 4.92. The highest BCUT2D eigenvalue weighted by Gasteiger charge is 2.61. The largest absolute Gasteiger partial charge is 0.327 e. The van der Waals surface area contributed by atoms with E-state index in [0.717, 1.165) is 19.4 Å². The van der Waals surface area contributed by atoms with E-state index in [-0.39, 0.29) is 17.5 Å². The van der Waals surface area contributed by atoms with Crippen LogP contribution in [0.15, 0.2) is 60.7 Å². The molecule has 22 heavy (non-hydrogen) atoms. The van der Waals surface area contributed by atoms with E-state index in [1.165, 1.54) is 11.1 Å². The molecule has 0 aliphatic carbocycles. The molecule has 2 aromatic rings. The van der Waals surface area contributed by atoms with Crippen molar-refractivity contribution >= 4 is 5.91 Å². The lowest BCUT2D eigenvalue weighted by Crippen LogP contribution is -2.72. The molecule has 112 valence electrons. The van der Waals surface area contributed by atoms with Crippen LogP contribution in [0.3, 0.4) is 0 Å². The molecule has 0 bridgehead atoms. The Balaban J connectivity index is 1.67. The number of carbonyl (C=O) groups is 1. The van der Waals surface area contributed by atoms with Crippen LogP contribution in [0.4, 0.5) is 0 Å². The molecular weight excluding hydrogens is 272 g/mol. The molecule has 0 saturated carbocycles. The number of nitrogens with one attached hydrogen (secondary N) is 1. The average molecular weight is 292 g/mol. The zero-order chi connectivity index (χ0) is 15.0. The Morgan fingerprint density at radius 2 is 1.73 bits per heavy atom. The van der Waals surface area contributed by atoms with Gasteiger partial charge in [-0.1, -0.05) is 60.7 Å². The number of carbonyl (C=O) groups excluding carboxylic acids is 1. The van der Waals surface area contributed by atoms with Gasteiger partial charge in [-0.3, -0.25) is 4.79 Å². The van der Waals surface area contributed by atoms with Crippen molar-refractivity contribution < 1.29 is 4.79 Å². The molecule has 2 saturated heterocycles. The van der Waals surface area contributed by atoms with E-state index in [2.05, 4.69) is 41.7 Å². The maximum absolute atomic E-state index is 12.8. The molecule has 1 amide bonds. The van der Waals surface area contributed by atoms with E-state index in [1.807, 2.05) is 29.2 Å². The molecule has 4 rings (SSSR count). The summed E-state index contributed by atoms with van der Waals surface area (Å²) in [7, 11) is 0. The van der Waals surface area contributed by atoms with Crippen LogP contribution in [0, 0.1) is 0 Å². The maximum Gasteiger partial charge on any atom is 0.246 e. The first-order valence-corrected chi connectivity index (χ1v) is 7.96. The van der Waals surface area contributed by atoms with Crippen molar-refractivity contribution in [1.29, 1.82) is 0 Å². The second kappa shape index (κ2) is 5.25. The van der Waals surface area contributed by atoms with Crippen LogP contribution in [0.2, 0.25) is 0 Å². The van der Waals surface area contributed by atoms with E-state index in [1.54, 1.807) is 0 Å². The standard InChI is InChI=1S/C19H20N2O/c22-18-19(12-7-13-20-19)17(16-10-5-2-6-11-16)21(18)14-15-8-3-1-4-9-15/h1-6,8-11,17,20H,7,12-14H2/t17-,19+/m1/s1. The zero-order valence-corrected chi connectivity index (χ0v) is 12.5. The van der Waals surface area contributed by atoms with Gasteiger partial charge < -0.3 is 10.2 Å². The third-order valence-corrected chi connectivity index (χ3v) is 4.92. The number of likely N-dealkylation sites (tertiary alicyclic amines) is 1. The van der Waals surface area contributed by atoms with E-state index >= 15 is 0 Å². The molecule has 3 nitrogen and oxygen atoms in total. The summed E-state index contributed by atoms with van der Waals surface area (Å²) in [5, 5.41) is 3.49. The molecule has 3 heteroatoms. The molecule has 2 aromatic carbocycles. The molecular formula is C19H20N2O. The molecule has 2 heterocycles. The summed E-state index contributed by atoms with van der Waals surface area (Å²) in [4.78, 5) is 14.9. The number of benzene rings is 2. The average Bonchev–Trinajstić information content (AvgIpc) is 3.08. The van der Waals surface area contributed by atoms with E-state index < -0.39 is 0 Å². The van der Waals surface area contributed by atoms with Gasteiger partial charge in [-0.05, 0) is 30.5 Å². The minimum Gasteiger partial charge on any atom is -0.327 e. The molecule has 0 radical (unpaired) electrons. The van der Waals surface area contributed by atoms with Crippen LogP contribution in [-0.4, -0.2) is 22.9 Å². The first-order chi connectivity index (χ1) is 10.8. The van der Waals surface area contributed by atoms with Crippen LogP contribution in [0.25, 0.3) is 0 Å². The van der Waals surface area contributed by atoms with E-state index in [9.17, 15) is 4.79 Å². The lowest BCUT2D eigenvalue weighted by Gasteiger charge is -2.55. The SMILES string of the molecule is O=C1N(Cc2ccccc2)[C@H](c2ccccc2)[C@@]12CCCN2. The quantitative estimate of drug-likeness (QED) is 0.882. The van der Waals surface area contributed by atoms with Gasteiger partial charge in [-0.15, -0.1) is 0 Å². The number of hydrogen-bond donors (Lipinski definition) is 1. The van der Waals surface area contributed by atoms with Crippen molar-refractivity contribution in [2.75, 3.05) is 6.54 Å². The van der Waals surface area contributed by atoms with Crippen LogP contribution in [0.5, 0.6) is 0 Å². The van der Waals surface area contributed by atoms with Crippen LogP contribution >= 0.6 is 0 Å². The second-order valence-electron chi connectivity index (χ2n) is 6.23. The maximum atomic E-state index is 12.8. The molecule has 1 spiro atoms. The normalized spacial score (nSPS) is 27.2. The summed E-state index contributed by atoms with van der Waals surface area (Å²) < 4.78 is 0. The lowest BCUT2D eigenvalue weighted by molar-refractivity contribution is -0.164. The van der Waals surface area contributed by atoms with Crippen LogP contribution in [0.1, 0.15) is 30.0 Å². The highest BCUT2D eigenvalue weighted by molar-refractivity contribution is 5.95. The molecule has 1 N–H and O–H groups in total. The van der Waals surface area contributed by atoms with Crippen molar-refractivity contribution in [3.05, 3.63) is 71.8 Å². The van der Waals surface area contributed by atoms with Gasteiger partial charge in [-0.2, -0.15) is 0 Å². The summed E-state index contributed by atoms with van der Waals surface area (Å²) in [6.45, 7) is 1.62. The zero-order valence-electron chi connectivity index (χ0n) is 12.5. The van der Waals surface area contributed by atoms with E-state index in [4.69, 9.17) is 0 Å². The number of amides is 1. The summed E-state index contributed by atoms with van der Waals surface area (Å²) in [5.41, 5.74) is 2.05. The first-order valence-electron chi connectivity index (χ1n) is 7.96. The predicted molar refractivity (Wildman–Crippen MR) is 86.1 cm³/mol. The Kier molecular flexibility index (Phi) is 3.23. The summed E-state index contributed by atoms with van der Waals surface area (Å²) >= 11 is 0. The topological polar surface area (TPSA) is 32.3 Å². The van der Waals surface area contributed by atoms with Gasteiger partial charge in [0.2, 0.25) is 5.91 Å². The smallest absolute Gasteiger partial charge is 0.246 e. The van der Waals surface area contributed by atoms with Gasteiger partial charge in [0.1, 0.15) is 5.54 Å². The second-order valence-corrected chi connectivity index (χ2v) is 6.23. The Bertz CT molecular complexity index is 662. The Morgan fingerprint density at radius 1 is 1.05 bits per heavy atom. The Morgan fingerprint density at radius 3 is 2.36 bits per heavy atom. The molecule has 2 fully saturated rings. The van der Waals surface area contributed by atoms with Crippen molar-refractivity contribution in [2.45, 2.75) is 31.0 Å². The van der Waals surface area contributed by atoms with Crippen LogP contribution < -0.4 is 5.32 Å². The van der Waals surface area contributed by atoms with Crippen molar-refractivity contribution in [3.8, 4) is 0 Å². The van der Waals surface area contributed by atoms with Gasteiger partial charge in [0.25, 0.3) is 0 Å². The monoisotopic (exact) mass is 292 g/mol. The van der Waals surface area contributed by atoms with Crippen molar-refractivity contribution in [3.63, 3.8) is 0 Å². The number of hydrogen-bond acceptors (Lipinski definition) is 2. The molecule has 0 aromatic heterocycles. The highest BCUT2D eigenvalue weighted by atomic mass is 16.2. The molecule has 2 aliphatic rings. The fourth-order valence-corrected chi connectivity index (χ4v) is 3.92. The minimum absolute atomic E-state index is 0.143. The number of β-lactam (4-membered cyclic amide) rings is 1. The third kappa shape index (κ3) is 1.97. The fourth-order valence-electron chi connectivity index (χ4n) is 3.92. The summed E-state index contributed by atoms with van der Waals surface area (Å²) in [6.07, 6.45) is 2.02. The van der Waals surface area contributed by atoms with Crippen molar-refractivity contribution in [1.82, 2.24) is 10.2 Å². The number of rotatable bonds is 3. The number of nitrogens with zero attached hydrogens (tertiary/aromatic N) is 1. The first kappa shape index (κ1) is 13.5. The predicted octanol–water partition coefficient (Wildman–Crippen LogP) is 2.89. The van der Waals surface area contributed by atoms with Crippen molar-refractivity contribution in [2.24, 2.45) is 0 Å². The van der Waals surface area contributed by atoms with E-state index in [0.29, 0.717) is 6.54 Å². The Hall–Kier alpha value is -2.13. The van der Waals surface area contributed by atoms with Gasteiger partial charge in [0.05, 0.1) is 6.04 Å². The lowest BCUT2D eigenvalue weighted by atomic mass is 9.73. The summed E-state index contributed by atoms with van der Waals surface area (Å²) in [5.74, 6) is 0.253. The molecule has 2 aliphatic heterocycles. The summed E-state index contributed by atoms with van der Waals surface area (Å²) in [6, 6.07) is 20.8. The van der Waals surface area contributed by atoms with Gasteiger partial charge in [0, 0.05) is 6.54 Å². The van der Waals surface area contributed by atoms with Crippen LogP contribution in [-0.2, 0) is 11.3 Å². The Labute approximate surface area is 131 Å². The minimum atomic E-state index is -0.365. The molecule has 2 atom stereocenters. The molecule has 0 unspecified atom stereocenters. The van der Waals surface area contributed by atoms with Gasteiger partial charge in [-0.25, -0.2) is 0 Å². The fraction of sp³-hybridized carbons (Fsp3) is 0.316. The van der Waals surface area contributed by atoms with Gasteiger partial charge in [0.15, 0.2) is 0 Å². The highest BCUT2D eigenvalue weighted by Crippen LogP contribution is 2.48.